The average Bonchev–Trinajstić information content (AvgIpc) is 2.99. The largest absolute Gasteiger partial charge is 0.504 e. The van der Waals surface area contributed by atoms with Crippen LogP contribution in [-0.2, 0) is 6.61 Å². The normalized spacial score (nSPS) is 10.9. The molecule has 0 saturated carbocycles. The molecule has 0 radical (unpaired) electrons. The second-order valence-electron chi connectivity index (χ2n) is 5.03. The van der Waals surface area contributed by atoms with E-state index in [-0.39, 0.29) is 12.4 Å². The summed E-state index contributed by atoms with van der Waals surface area (Å²) >= 11 is 5.19. The van der Waals surface area contributed by atoms with E-state index in [1.807, 2.05) is 30.3 Å². The van der Waals surface area contributed by atoms with Gasteiger partial charge in [-0.2, -0.15) is 14.9 Å². The summed E-state index contributed by atoms with van der Waals surface area (Å²) in [4.78, 5) is 0. The van der Waals surface area contributed by atoms with Gasteiger partial charge in [-0.25, -0.2) is 5.10 Å². The van der Waals surface area contributed by atoms with Gasteiger partial charge in [-0.15, -0.1) is 0 Å². The second-order valence-corrected chi connectivity index (χ2v) is 5.42. The molecule has 3 aromatic rings. The number of phenolic OH excluding ortho intramolecular Hbond substituents is 1. The van der Waals surface area contributed by atoms with Gasteiger partial charge in [0.15, 0.2) is 17.3 Å². The van der Waals surface area contributed by atoms with Crippen LogP contribution in [0.25, 0.3) is 0 Å². The van der Waals surface area contributed by atoms with Gasteiger partial charge in [0.1, 0.15) is 12.4 Å². The molecule has 0 bridgehead atoms. The fourth-order valence-electron chi connectivity index (χ4n) is 2.11. The number of rotatable bonds is 6. The summed E-state index contributed by atoms with van der Waals surface area (Å²) in [6.07, 6.45) is 1.57. The zero-order valence-corrected chi connectivity index (χ0v) is 14.2. The maximum atomic E-state index is 9.82. The van der Waals surface area contributed by atoms with Gasteiger partial charge in [-0.05, 0) is 48.1 Å². The molecule has 0 atom stereocenters. The minimum atomic E-state index is 0.0369. The quantitative estimate of drug-likeness (QED) is 0.524. The fraction of sp³-hybridized carbons (Fsp3) is 0.118. The van der Waals surface area contributed by atoms with Gasteiger partial charge in [0, 0.05) is 0 Å². The van der Waals surface area contributed by atoms with Crippen LogP contribution in [0.2, 0.25) is 0 Å². The van der Waals surface area contributed by atoms with Gasteiger partial charge in [0.25, 0.3) is 0 Å². The molecule has 128 valence electrons. The monoisotopic (exact) mass is 356 g/mol. The van der Waals surface area contributed by atoms with Gasteiger partial charge in [0.2, 0.25) is 4.77 Å². The van der Waals surface area contributed by atoms with Crippen LogP contribution >= 0.6 is 12.2 Å². The fourth-order valence-corrected chi connectivity index (χ4v) is 2.31. The number of para-hydroxylation sites is 1. The van der Waals surface area contributed by atoms with Crippen molar-refractivity contribution in [2.45, 2.75) is 6.61 Å². The number of aromatic amines is 1. The zero-order chi connectivity index (χ0) is 17.6. The maximum absolute atomic E-state index is 9.82. The number of hydrogen-bond donors (Lipinski definition) is 2. The van der Waals surface area contributed by atoms with Crippen LogP contribution in [0, 0.1) is 4.77 Å². The Labute approximate surface area is 149 Å². The van der Waals surface area contributed by atoms with Crippen LogP contribution in [-0.4, -0.2) is 33.3 Å². The van der Waals surface area contributed by atoms with E-state index in [0.29, 0.717) is 21.9 Å². The minimum absolute atomic E-state index is 0.0369. The van der Waals surface area contributed by atoms with Crippen molar-refractivity contribution in [2.75, 3.05) is 7.11 Å². The molecular formula is C17H16N4O3S. The topological polar surface area (TPSA) is 84.7 Å². The highest BCUT2D eigenvalue weighted by Gasteiger charge is 2.06. The van der Waals surface area contributed by atoms with Crippen molar-refractivity contribution in [3.8, 4) is 17.2 Å². The summed E-state index contributed by atoms with van der Waals surface area (Å²) in [6, 6.07) is 14.4. The van der Waals surface area contributed by atoms with Crippen LogP contribution in [0.15, 0.2) is 53.6 Å². The van der Waals surface area contributed by atoms with Crippen LogP contribution in [0.3, 0.4) is 0 Å². The van der Waals surface area contributed by atoms with Gasteiger partial charge in [-0.3, -0.25) is 0 Å². The number of nitrogens with zero attached hydrogens (tertiary/aromatic N) is 3. The molecule has 25 heavy (non-hydrogen) atoms. The van der Waals surface area contributed by atoms with Gasteiger partial charge >= 0.3 is 0 Å². The Bertz CT molecular complexity index is 935. The third-order valence-electron chi connectivity index (χ3n) is 3.35. The average molecular weight is 356 g/mol. The Balaban J connectivity index is 1.77. The molecule has 0 unspecified atom stereocenters. The van der Waals surface area contributed by atoms with Crippen molar-refractivity contribution < 1.29 is 14.6 Å². The molecule has 0 aliphatic heterocycles. The number of aromatic hydroxyl groups is 1. The third-order valence-corrected chi connectivity index (χ3v) is 3.62. The molecule has 0 fully saturated rings. The third kappa shape index (κ3) is 4.04. The number of benzene rings is 2. The lowest BCUT2D eigenvalue weighted by molar-refractivity contribution is 0.290. The van der Waals surface area contributed by atoms with E-state index in [4.69, 9.17) is 21.7 Å². The molecule has 7 nitrogen and oxygen atoms in total. The van der Waals surface area contributed by atoms with Crippen LogP contribution in [0.5, 0.6) is 17.2 Å². The number of phenols is 1. The number of nitrogens with one attached hydrogen (secondary N) is 1. The van der Waals surface area contributed by atoms with E-state index in [0.717, 1.165) is 5.75 Å². The van der Waals surface area contributed by atoms with Crippen molar-refractivity contribution in [3.05, 3.63) is 64.7 Å². The number of ether oxygens (including phenoxy) is 2. The van der Waals surface area contributed by atoms with Crippen molar-refractivity contribution in [1.82, 2.24) is 14.9 Å². The first-order chi connectivity index (χ1) is 12.2. The number of aromatic nitrogens is 3. The van der Waals surface area contributed by atoms with E-state index in [2.05, 4.69) is 15.3 Å². The lowest BCUT2D eigenvalue weighted by Crippen LogP contribution is -2.04. The summed E-state index contributed by atoms with van der Waals surface area (Å²) in [5, 5.41) is 20.9. The first kappa shape index (κ1) is 16.7. The molecule has 0 amide bonds. The highest BCUT2D eigenvalue weighted by atomic mass is 32.1. The van der Waals surface area contributed by atoms with Crippen molar-refractivity contribution >= 4 is 18.4 Å². The maximum Gasteiger partial charge on any atom is 0.216 e. The summed E-state index contributed by atoms with van der Waals surface area (Å²) in [5.74, 6) is 1.69. The molecule has 1 heterocycles. The van der Waals surface area contributed by atoms with Crippen LogP contribution < -0.4 is 9.47 Å². The Morgan fingerprint density at radius 1 is 1.28 bits per heavy atom. The first-order valence-corrected chi connectivity index (χ1v) is 7.83. The molecule has 0 saturated heterocycles. The molecule has 2 aromatic carbocycles. The molecule has 0 aliphatic rings. The van der Waals surface area contributed by atoms with Crippen molar-refractivity contribution in [1.29, 1.82) is 0 Å². The Hall–Kier alpha value is -3.13. The lowest BCUT2D eigenvalue weighted by Gasteiger charge is -2.05. The van der Waals surface area contributed by atoms with Crippen LogP contribution in [0.1, 0.15) is 11.4 Å². The Morgan fingerprint density at radius 3 is 2.80 bits per heavy atom. The smallest absolute Gasteiger partial charge is 0.216 e. The van der Waals surface area contributed by atoms with Gasteiger partial charge in [-0.1, -0.05) is 18.2 Å². The summed E-state index contributed by atoms with van der Waals surface area (Å²) in [5.41, 5.74) is 0.691. The van der Waals surface area contributed by atoms with Gasteiger partial charge in [0.05, 0.1) is 13.3 Å². The molecule has 1 aromatic heterocycles. The van der Waals surface area contributed by atoms with E-state index < -0.39 is 0 Å². The van der Waals surface area contributed by atoms with E-state index in [9.17, 15) is 5.11 Å². The SMILES string of the molecule is COc1ccc(/C=N\n2c(COc3ccccc3)n[nH]c2=S)cc1O. The van der Waals surface area contributed by atoms with E-state index in [1.54, 1.807) is 24.4 Å². The molecule has 3 rings (SSSR count). The molecule has 0 spiro atoms. The predicted octanol–water partition coefficient (Wildman–Crippen LogP) is 3.12. The second kappa shape index (κ2) is 7.63. The van der Waals surface area contributed by atoms with E-state index >= 15 is 0 Å². The zero-order valence-electron chi connectivity index (χ0n) is 13.4. The number of H-pyrrole nitrogens is 1. The Morgan fingerprint density at radius 2 is 2.08 bits per heavy atom. The summed E-state index contributed by atoms with van der Waals surface area (Å²) in [6.45, 7) is 0.211. The van der Waals surface area contributed by atoms with Gasteiger partial charge < -0.3 is 14.6 Å². The lowest BCUT2D eigenvalue weighted by atomic mass is 10.2. The molecule has 2 N–H and O–H groups in total. The highest BCUT2D eigenvalue weighted by Crippen LogP contribution is 2.25. The first-order valence-electron chi connectivity index (χ1n) is 7.43. The van der Waals surface area contributed by atoms with Crippen LogP contribution in [0.4, 0.5) is 0 Å². The highest BCUT2D eigenvalue weighted by molar-refractivity contribution is 7.71. The van der Waals surface area contributed by atoms with Crippen molar-refractivity contribution in [3.63, 3.8) is 0 Å². The standard InChI is InChI=1S/C17H16N4O3S/c1-23-15-8-7-12(9-14(15)22)10-18-21-16(19-20-17(21)25)11-24-13-5-3-2-4-6-13/h2-10,22H,11H2,1H3,(H,20,25)/b18-10-. The molecule has 8 heteroatoms. The number of hydrogen-bond acceptors (Lipinski definition) is 6. The predicted molar refractivity (Wildman–Crippen MR) is 95.8 cm³/mol. The van der Waals surface area contributed by atoms with Crippen molar-refractivity contribution in [2.24, 2.45) is 5.10 Å². The summed E-state index contributed by atoms with van der Waals surface area (Å²) < 4.78 is 12.5. The number of methoxy groups -OCH3 is 1. The molecule has 0 aliphatic carbocycles. The Kier molecular flexibility index (Phi) is 5.10. The molecular weight excluding hydrogens is 340 g/mol. The minimum Gasteiger partial charge on any atom is -0.504 e. The summed E-state index contributed by atoms with van der Waals surface area (Å²) in [7, 11) is 1.49. The van der Waals surface area contributed by atoms with E-state index in [1.165, 1.54) is 11.8 Å².